The van der Waals surface area contributed by atoms with Gasteiger partial charge in [-0.25, -0.2) is 18.4 Å². The number of hydrogen-bond acceptors (Lipinski definition) is 7. The van der Waals surface area contributed by atoms with Gasteiger partial charge in [0.15, 0.2) is 10.7 Å². The van der Waals surface area contributed by atoms with Crippen LogP contribution >= 0.6 is 0 Å². The van der Waals surface area contributed by atoms with Gasteiger partial charge in [0.05, 0.1) is 11.0 Å². The summed E-state index contributed by atoms with van der Waals surface area (Å²) < 4.78 is 79.9. The number of halogens is 3. The summed E-state index contributed by atoms with van der Waals surface area (Å²) in [6.45, 7) is 2.82. The molecule has 0 saturated carbocycles. The summed E-state index contributed by atoms with van der Waals surface area (Å²) in [7, 11) is -4.33. The van der Waals surface area contributed by atoms with Gasteiger partial charge in [0.2, 0.25) is 11.9 Å². The lowest BCUT2D eigenvalue weighted by Gasteiger charge is -2.23. The Bertz CT molecular complexity index is 1390. The van der Waals surface area contributed by atoms with Crippen LogP contribution in [0.1, 0.15) is 23.1 Å². The van der Waals surface area contributed by atoms with Crippen LogP contribution in [0.4, 0.5) is 19.0 Å². The SMILES string of the molecule is Cc1noc(C)c1S(=O)(=O)Nc1nc2ccccc2nc1OC(c1ccccc1)C(F)(F)F. The predicted octanol–water partition coefficient (Wildman–Crippen LogP) is 4.72. The number of nitrogens with one attached hydrogen (secondary N) is 1. The number of benzene rings is 2. The van der Waals surface area contributed by atoms with Crippen LogP contribution in [-0.2, 0) is 10.0 Å². The molecule has 0 spiro atoms. The zero-order chi connectivity index (χ0) is 23.8. The summed E-state index contributed by atoms with van der Waals surface area (Å²) in [5.74, 6) is -1.12. The van der Waals surface area contributed by atoms with Crippen molar-refractivity contribution in [3.05, 3.63) is 71.6 Å². The Labute approximate surface area is 186 Å². The first-order valence-corrected chi connectivity index (χ1v) is 11.1. The van der Waals surface area contributed by atoms with E-state index >= 15 is 0 Å². The minimum Gasteiger partial charge on any atom is -0.457 e. The van der Waals surface area contributed by atoms with Crippen molar-refractivity contribution in [3.63, 3.8) is 0 Å². The third kappa shape index (κ3) is 4.60. The monoisotopic (exact) mass is 478 g/mol. The molecule has 1 N–H and O–H groups in total. The van der Waals surface area contributed by atoms with E-state index in [-0.39, 0.29) is 32.9 Å². The minimum atomic E-state index is -4.81. The number of para-hydroxylation sites is 2. The highest BCUT2D eigenvalue weighted by molar-refractivity contribution is 7.92. The van der Waals surface area contributed by atoms with Crippen LogP contribution in [0.5, 0.6) is 5.88 Å². The molecule has 4 aromatic rings. The van der Waals surface area contributed by atoms with Gasteiger partial charge in [-0.1, -0.05) is 47.6 Å². The Balaban J connectivity index is 1.83. The lowest BCUT2D eigenvalue weighted by molar-refractivity contribution is -0.198. The average molecular weight is 478 g/mol. The number of hydrogen-bond donors (Lipinski definition) is 1. The summed E-state index contributed by atoms with van der Waals surface area (Å²) in [4.78, 5) is 8.02. The first kappa shape index (κ1) is 22.5. The van der Waals surface area contributed by atoms with E-state index < -0.39 is 34.0 Å². The van der Waals surface area contributed by atoms with Crippen molar-refractivity contribution < 1.29 is 30.8 Å². The molecule has 0 fully saturated rings. The van der Waals surface area contributed by atoms with Gasteiger partial charge >= 0.3 is 6.18 Å². The van der Waals surface area contributed by atoms with Crippen molar-refractivity contribution in [2.45, 2.75) is 31.0 Å². The van der Waals surface area contributed by atoms with Crippen LogP contribution in [0.15, 0.2) is 64.0 Å². The van der Waals surface area contributed by atoms with Crippen molar-refractivity contribution in [2.24, 2.45) is 0 Å². The third-order valence-electron chi connectivity index (χ3n) is 4.64. The van der Waals surface area contributed by atoms with E-state index in [0.717, 1.165) is 0 Å². The van der Waals surface area contributed by atoms with E-state index in [0.29, 0.717) is 0 Å². The number of nitrogens with zero attached hydrogens (tertiary/aromatic N) is 3. The molecule has 0 aliphatic carbocycles. The molecule has 2 aromatic heterocycles. The van der Waals surface area contributed by atoms with E-state index in [1.807, 2.05) is 0 Å². The molecule has 8 nitrogen and oxygen atoms in total. The van der Waals surface area contributed by atoms with Crippen LogP contribution in [-0.4, -0.2) is 29.7 Å². The average Bonchev–Trinajstić information content (AvgIpc) is 3.10. The van der Waals surface area contributed by atoms with Gasteiger partial charge in [0, 0.05) is 5.56 Å². The normalized spacial score (nSPS) is 13.1. The molecular formula is C21H17F3N4O4S. The maximum Gasteiger partial charge on any atom is 0.429 e. The molecule has 1 atom stereocenters. The molecule has 0 aliphatic heterocycles. The number of anilines is 1. The number of alkyl halides is 3. The Morgan fingerprint density at radius 1 is 0.970 bits per heavy atom. The first-order chi connectivity index (χ1) is 15.6. The number of sulfonamides is 1. The van der Waals surface area contributed by atoms with Crippen molar-refractivity contribution >= 4 is 26.9 Å². The number of ether oxygens (including phenoxy) is 1. The van der Waals surface area contributed by atoms with E-state index in [1.165, 1.54) is 50.2 Å². The highest BCUT2D eigenvalue weighted by Gasteiger charge is 2.44. The number of fused-ring (bicyclic) bond motifs is 1. The van der Waals surface area contributed by atoms with Gasteiger partial charge in [0.1, 0.15) is 5.69 Å². The van der Waals surface area contributed by atoms with Crippen molar-refractivity contribution in [3.8, 4) is 5.88 Å². The Morgan fingerprint density at radius 3 is 2.15 bits per heavy atom. The minimum absolute atomic E-state index is 0.00803. The lowest BCUT2D eigenvalue weighted by Crippen LogP contribution is -2.27. The van der Waals surface area contributed by atoms with Gasteiger partial charge in [-0.05, 0) is 26.0 Å². The first-order valence-electron chi connectivity index (χ1n) is 9.57. The number of aromatic nitrogens is 3. The summed E-state index contributed by atoms with van der Waals surface area (Å²) in [5.41, 5.74) is 0.375. The molecule has 33 heavy (non-hydrogen) atoms. The summed E-state index contributed by atoms with van der Waals surface area (Å²) in [5, 5.41) is 3.61. The smallest absolute Gasteiger partial charge is 0.429 e. The summed E-state index contributed by atoms with van der Waals surface area (Å²) in [6.07, 6.45) is -7.22. The van der Waals surface area contributed by atoms with Crippen LogP contribution in [0.2, 0.25) is 0 Å². The van der Waals surface area contributed by atoms with E-state index in [4.69, 9.17) is 9.26 Å². The van der Waals surface area contributed by atoms with E-state index in [1.54, 1.807) is 18.2 Å². The summed E-state index contributed by atoms with van der Waals surface area (Å²) in [6, 6.07) is 13.2. The maximum atomic E-state index is 13.9. The van der Waals surface area contributed by atoms with Gasteiger partial charge in [-0.2, -0.15) is 13.2 Å². The van der Waals surface area contributed by atoms with Crippen LogP contribution in [0.3, 0.4) is 0 Å². The van der Waals surface area contributed by atoms with Crippen molar-refractivity contribution in [2.75, 3.05) is 4.72 Å². The zero-order valence-electron chi connectivity index (χ0n) is 17.3. The standard InChI is InChI=1S/C21H17F3N4O4S/c1-12-17(13(2)32-27-12)33(29,30)28-19-20(26-16-11-7-6-10-15(16)25-19)31-18(21(22,23)24)14-8-4-3-5-9-14/h3-11,18H,1-2H3,(H,25,28). The fourth-order valence-corrected chi connectivity index (χ4v) is 4.56. The maximum absolute atomic E-state index is 13.9. The van der Waals surface area contributed by atoms with Crippen LogP contribution in [0.25, 0.3) is 11.0 Å². The fourth-order valence-electron chi connectivity index (χ4n) is 3.23. The second kappa shape index (κ2) is 8.35. The molecule has 0 amide bonds. The van der Waals surface area contributed by atoms with Gasteiger partial charge < -0.3 is 9.26 Å². The second-order valence-electron chi connectivity index (χ2n) is 7.08. The molecular weight excluding hydrogens is 461 g/mol. The third-order valence-corrected chi connectivity index (χ3v) is 6.22. The highest BCUT2D eigenvalue weighted by atomic mass is 32.2. The zero-order valence-corrected chi connectivity index (χ0v) is 18.1. The number of aryl methyl sites for hydroxylation is 2. The lowest BCUT2D eigenvalue weighted by atomic mass is 10.1. The molecule has 0 radical (unpaired) electrons. The Kier molecular flexibility index (Phi) is 5.70. The van der Waals surface area contributed by atoms with E-state index in [9.17, 15) is 21.6 Å². The quantitative estimate of drug-likeness (QED) is 0.427. The molecule has 172 valence electrons. The van der Waals surface area contributed by atoms with Gasteiger partial charge in [-0.3, -0.25) is 4.72 Å². The van der Waals surface area contributed by atoms with Gasteiger partial charge in [-0.15, -0.1) is 0 Å². The second-order valence-corrected chi connectivity index (χ2v) is 8.69. The molecule has 1 unspecified atom stereocenters. The fraction of sp³-hybridized carbons (Fsp3) is 0.190. The summed E-state index contributed by atoms with van der Waals surface area (Å²) >= 11 is 0. The molecule has 2 aromatic carbocycles. The van der Waals surface area contributed by atoms with Gasteiger partial charge in [0.25, 0.3) is 15.9 Å². The Hall–Kier alpha value is -3.67. The molecule has 12 heteroatoms. The molecule has 2 heterocycles. The topological polar surface area (TPSA) is 107 Å². The Morgan fingerprint density at radius 2 is 1.58 bits per heavy atom. The van der Waals surface area contributed by atoms with E-state index in [2.05, 4.69) is 19.8 Å². The van der Waals surface area contributed by atoms with Crippen LogP contribution < -0.4 is 9.46 Å². The largest absolute Gasteiger partial charge is 0.457 e. The van der Waals surface area contributed by atoms with Crippen molar-refractivity contribution in [1.29, 1.82) is 0 Å². The predicted molar refractivity (Wildman–Crippen MR) is 112 cm³/mol. The highest BCUT2D eigenvalue weighted by Crippen LogP contribution is 2.39. The van der Waals surface area contributed by atoms with Crippen molar-refractivity contribution in [1.82, 2.24) is 15.1 Å². The molecule has 0 saturated heterocycles. The molecule has 4 rings (SSSR count). The molecule has 0 bridgehead atoms. The number of rotatable bonds is 6. The molecule has 0 aliphatic rings. The van der Waals surface area contributed by atoms with Crippen LogP contribution in [0, 0.1) is 13.8 Å².